The summed E-state index contributed by atoms with van der Waals surface area (Å²) in [5, 5.41) is 26.9. The second-order valence-corrected chi connectivity index (χ2v) is 2.88. The minimum absolute atomic E-state index is 0.319. The number of halogens is 2. The molecule has 0 aliphatic heterocycles. The number of ether oxygens (including phenoxy) is 1. The lowest BCUT2D eigenvalue weighted by Gasteiger charge is -2.13. The first-order valence-corrected chi connectivity index (χ1v) is 4.05. The van der Waals surface area contributed by atoms with E-state index in [0.717, 1.165) is 7.11 Å². The third kappa shape index (κ3) is 1.89. The number of aliphatic carboxylic acids is 1. The van der Waals surface area contributed by atoms with Crippen LogP contribution in [0.15, 0.2) is 6.07 Å². The molecule has 1 rings (SSSR count). The number of carboxylic acids is 1. The van der Waals surface area contributed by atoms with Gasteiger partial charge in [0.25, 0.3) is 0 Å². The molecule has 0 heterocycles. The van der Waals surface area contributed by atoms with Crippen LogP contribution in [0.3, 0.4) is 0 Å². The average Bonchev–Trinajstić information content (AvgIpc) is 2.17. The molecule has 0 saturated carbocycles. The van der Waals surface area contributed by atoms with Gasteiger partial charge in [-0.25, -0.2) is 13.6 Å². The van der Waals surface area contributed by atoms with Crippen molar-refractivity contribution in [1.82, 2.24) is 0 Å². The lowest BCUT2D eigenvalue weighted by molar-refractivity contribution is -0.147. The van der Waals surface area contributed by atoms with E-state index in [9.17, 15) is 18.7 Å². The number of aromatic hydroxyl groups is 1. The highest BCUT2D eigenvalue weighted by atomic mass is 19.1. The van der Waals surface area contributed by atoms with E-state index in [0.29, 0.717) is 6.07 Å². The summed E-state index contributed by atoms with van der Waals surface area (Å²) in [6, 6.07) is 0.319. The molecule has 0 radical (unpaired) electrons. The molecule has 3 N–H and O–H groups in total. The zero-order valence-electron chi connectivity index (χ0n) is 8.07. The average molecular weight is 234 g/mol. The van der Waals surface area contributed by atoms with Crippen molar-refractivity contribution in [3.8, 4) is 11.5 Å². The molecule has 16 heavy (non-hydrogen) atoms. The molecule has 0 bridgehead atoms. The van der Waals surface area contributed by atoms with E-state index in [1.807, 2.05) is 0 Å². The van der Waals surface area contributed by atoms with Gasteiger partial charge in [-0.1, -0.05) is 0 Å². The highest BCUT2D eigenvalue weighted by Gasteiger charge is 2.28. The predicted octanol–water partition coefficient (Wildman–Crippen LogP) is 0.797. The van der Waals surface area contributed by atoms with E-state index < -0.39 is 40.8 Å². The SMILES string of the molecule is COc1c(F)cc(F)c(C(O)C(=O)O)c1O. The largest absolute Gasteiger partial charge is 0.504 e. The molecule has 88 valence electrons. The molecule has 0 aromatic heterocycles. The Hall–Kier alpha value is -1.89. The van der Waals surface area contributed by atoms with E-state index >= 15 is 0 Å². The Morgan fingerprint density at radius 2 is 2.00 bits per heavy atom. The van der Waals surface area contributed by atoms with Crippen LogP contribution in [0.1, 0.15) is 11.7 Å². The van der Waals surface area contributed by atoms with Gasteiger partial charge < -0.3 is 20.1 Å². The molecular formula is C9H8F2O5. The van der Waals surface area contributed by atoms with Crippen LogP contribution < -0.4 is 4.74 Å². The van der Waals surface area contributed by atoms with Crippen LogP contribution in [0.25, 0.3) is 0 Å². The van der Waals surface area contributed by atoms with E-state index in [1.165, 1.54) is 0 Å². The van der Waals surface area contributed by atoms with E-state index in [4.69, 9.17) is 10.2 Å². The van der Waals surface area contributed by atoms with Crippen LogP contribution >= 0.6 is 0 Å². The maximum atomic E-state index is 13.2. The fourth-order valence-electron chi connectivity index (χ4n) is 1.18. The number of carbonyl (C=O) groups is 1. The van der Waals surface area contributed by atoms with Crippen LogP contribution in [0.5, 0.6) is 11.5 Å². The first-order chi connectivity index (χ1) is 7.40. The fraction of sp³-hybridized carbons (Fsp3) is 0.222. The summed E-state index contributed by atoms with van der Waals surface area (Å²) in [6.45, 7) is 0. The molecular weight excluding hydrogens is 226 g/mol. The van der Waals surface area contributed by atoms with Gasteiger partial charge in [0.2, 0.25) is 0 Å². The minimum Gasteiger partial charge on any atom is -0.504 e. The van der Waals surface area contributed by atoms with E-state index in [-0.39, 0.29) is 0 Å². The van der Waals surface area contributed by atoms with Crippen molar-refractivity contribution in [2.24, 2.45) is 0 Å². The summed E-state index contributed by atoms with van der Waals surface area (Å²) in [4.78, 5) is 10.4. The molecule has 0 amide bonds. The summed E-state index contributed by atoms with van der Waals surface area (Å²) < 4.78 is 30.6. The molecule has 1 aromatic rings. The summed E-state index contributed by atoms with van der Waals surface area (Å²) >= 11 is 0. The van der Waals surface area contributed by atoms with Gasteiger partial charge in [0, 0.05) is 6.07 Å². The van der Waals surface area contributed by atoms with Gasteiger partial charge in [-0.2, -0.15) is 0 Å². The number of hydrogen-bond donors (Lipinski definition) is 3. The van der Waals surface area contributed by atoms with Crippen molar-refractivity contribution in [2.45, 2.75) is 6.10 Å². The Morgan fingerprint density at radius 3 is 2.44 bits per heavy atom. The summed E-state index contributed by atoms with van der Waals surface area (Å²) in [6.07, 6.45) is -2.30. The normalized spacial score (nSPS) is 12.2. The van der Waals surface area contributed by atoms with Crippen molar-refractivity contribution in [3.63, 3.8) is 0 Å². The van der Waals surface area contributed by atoms with Gasteiger partial charge in [-0.05, 0) is 0 Å². The Labute approximate surface area is 88.5 Å². The Morgan fingerprint density at radius 1 is 1.44 bits per heavy atom. The number of hydrogen-bond acceptors (Lipinski definition) is 4. The Balaban J connectivity index is 3.45. The molecule has 0 aliphatic rings. The highest BCUT2D eigenvalue weighted by molar-refractivity contribution is 5.76. The predicted molar refractivity (Wildman–Crippen MR) is 47.2 cm³/mol. The van der Waals surface area contributed by atoms with E-state index in [1.54, 1.807) is 0 Å². The number of aliphatic hydroxyl groups excluding tert-OH is 1. The van der Waals surface area contributed by atoms with Gasteiger partial charge in [0.05, 0.1) is 12.7 Å². The molecule has 0 saturated heterocycles. The van der Waals surface area contributed by atoms with Gasteiger partial charge in [0.15, 0.2) is 23.4 Å². The highest BCUT2D eigenvalue weighted by Crippen LogP contribution is 2.37. The second-order valence-electron chi connectivity index (χ2n) is 2.88. The summed E-state index contributed by atoms with van der Waals surface area (Å²) in [7, 11) is 1.01. The Bertz CT molecular complexity index is 432. The van der Waals surface area contributed by atoms with E-state index in [2.05, 4.69) is 4.74 Å². The number of methoxy groups -OCH3 is 1. The molecule has 0 aliphatic carbocycles. The quantitative estimate of drug-likeness (QED) is 0.719. The van der Waals surface area contributed by atoms with Crippen molar-refractivity contribution < 1.29 is 33.6 Å². The molecule has 1 atom stereocenters. The monoisotopic (exact) mass is 234 g/mol. The first kappa shape index (κ1) is 12.2. The molecule has 1 unspecified atom stereocenters. The van der Waals surface area contributed by atoms with Crippen LogP contribution in [0, 0.1) is 11.6 Å². The fourth-order valence-corrected chi connectivity index (χ4v) is 1.18. The number of phenols is 1. The number of benzene rings is 1. The smallest absolute Gasteiger partial charge is 0.337 e. The second kappa shape index (κ2) is 4.31. The third-order valence-electron chi connectivity index (χ3n) is 1.91. The van der Waals surface area contributed by atoms with Gasteiger partial charge >= 0.3 is 5.97 Å². The van der Waals surface area contributed by atoms with Crippen molar-refractivity contribution in [2.75, 3.05) is 7.11 Å². The number of rotatable bonds is 3. The topological polar surface area (TPSA) is 87.0 Å². The standard InChI is InChI=1S/C9H8F2O5/c1-16-8-4(11)2-3(10)5(6(8)12)7(13)9(14)15/h2,7,12-13H,1H3,(H,14,15). The molecule has 5 nitrogen and oxygen atoms in total. The van der Waals surface area contributed by atoms with Crippen molar-refractivity contribution in [3.05, 3.63) is 23.3 Å². The maximum absolute atomic E-state index is 13.2. The van der Waals surface area contributed by atoms with Crippen LogP contribution in [-0.4, -0.2) is 28.4 Å². The van der Waals surface area contributed by atoms with Crippen LogP contribution in [0.2, 0.25) is 0 Å². The molecule has 1 aromatic carbocycles. The van der Waals surface area contributed by atoms with Crippen molar-refractivity contribution >= 4 is 5.97 Å². The Kier molecular flexibility index (Phi) is 3.28. The van der Waals surface area contributed by atoms with Crippen LogP contribution in [0.4, 0.5) is 8.78 Å². The lowest BCUT2D eigenvalue weighted by Crippen LogP contribution is -2.13. The maximum Gasteiger partial charge on any atom is 0.337 e. The van der Waals surface area contributed by atoms with Crippen molar-refractivity contribution in [1.29, 1.82) is 0 Å². The minimum atomic E-state index is -2.30. The zero-order chi connectivity index (χ0) is 12.5. The van der Waals surface area contributed by atoms with Crippen LogP contribution in [-0.2, 0) is 4.79 Å². The summed E-state index contributed by atoms with van der Waals surface area (Å²) in [5.74, 6) is -6.14. The number of carboxylic acid groups (broad SMARTS) is 1. The van der Waals surface area contributed by atoms with Gasteiger partial charge in [-0.3, -0.25) is 0 Å². The number of phenolic OH excluding ortho intramolecular Hbond substituents is 1. The zero-order valence-corrected chi connectivity index (χ0v) is 8.07. The third-order valence-corrected chi connectivity index (χ3v) is 1.91. The number of aliphatic hydroxyl groups is 1. The summed E-state index contributed by atoms with van der Waals surface area (Å²) in [5.41, 5.74) is -0.939. The molecule has 7 heteroatoms. The lowest BCUT2D eigenvalue weighted by atomic mass is 10.1. The van der Waals surface area contributed by atoms with Gasteiger partial charge in [0.1, 0.15) is 5.82 Å². The molecule has 0 fully saturated rings. The van der Waals surface area contributed by atoms with Gasteiger partial charge in [-0.15, -0.1) is 0 Å². The first-order valence-electron chi connectivity index (χ1n) is 4.05. The molecule has 0 spiro atoms.